The highest BCUT2D eigenvalue weighted by Crippen LogP contribution is 2.25. The Morgan fingerprint density at radius 1 is 1.40 bits per heavy atom. The molecule has 3 nitrogen and oxygen atoms in total. The highest BCUT2D eigenvalue weighted by atomic mass is 15.2. The highest BCUT2D eigenvalue weighted by Gasteiger charge is 2.22. The standard InChI is InChI=1S/C17H29N3/c1-4-15(18)12-14-8-5-6-10-17(14)20(3)16-9-7-11-19(2)13-16/h5-6,8,10,15-16H,4,7,9,11-13,18H2,1-3H3. The van der Waals surface area contributed by atoms with Crippen LogP contribution < -0.4 is 10.6 Å². The van der Waals surface area contributed by atoms with Crippen LogP contribution in [0.15, 0.2) is 24.3 Å². The monoisotopic (exact) mass is 275 g/mol. The average Bonchev–Trinajstić information content (AvgIpc) is 2.47. The number of hydrogen-bond donors (Lipinski definition) is 1. The SMILES string of the molecule is CCC(N)Cc1ccccc1N(C)C1CCCN(C)C1. The molecule has 0 saturated carbocycles. The Morgan fingerprint density at radius 2 is 2.15 bits per heavy atom. The molecule has 2 atom stereocenters. The molecule has 112 valence electrons. The molecule has 0 amide bonds. The van der Waals surface area contributed by atoms with Crippen molar-refractivity contribution in [1.82, 2.24) is 4.90 Å². The molecule has 2 unspecified atom stereocenters. The van der Waals surface area contributed by atoms with E-state index in [2.05, 4.69) is 55.1 Å². The number of likely N-dealkylation sites (tertiary alicyclic amines) is 1. The van der Waals surface area contributed by atoms with E-state index >= 15 is 0 Å². The van der Waals surface area contributed by atoms with Crippen molar-refractivity contribution in [3.63, 3.8) is 0 Å². The molecule has 2 rings (SSSR count). The molecule has 3 heteroatoms. The lowest BCUT2D eigenvalue weighted by Gasteiger charge is -2.38. The fraction of sp³-hybridized carbons (Fsp3) is 0.647. The second-order valence-electron chi connectivity index (χ2n) is 6.17. The largest absolute Gasteiger partial charge is 0.370 e. The van der Waals surface area contributed by atoms with E-state index in [1.54, 1.807) is 0 Å². The van der Waals surface area contributed by atoms with Gasteiger partial charge in [-0.15, -0.1) is 0 Å². The van der Waals surface area contributed by atoms with Gasteiger partial charge in [-0.1, -0.05) is 25.1 Å². The molecule has 1 aliphatic rings. The first kappa shape index (κ1) is 15.3. The highest BCUT2D eigenvalue weighted by molar-refractivity contribution is 5.54. The van der Waals surface area contributed by atoms with Crippen LogP contribution in [0.3, 0.4) is 0 Å². The number of benzene rings is 1. The Hall–Kier alpha value is -1.06. The zero-order chi connectivity index (χ0) is 14.5. The van der Waals surface area contributed by atoms with Gasteiger partial charge in [-0.05, 0) is 50.9 Å². The molecule has 0 aromatic heterocycles. The van der Waals surface area contributed by atoms with Gasteiger partial charge in [-0.2, -0.15) is 0 Å². The number of hydrogen-bond acceptors (Lipinski definition) is 3. The van der Waals surface area contributed by atoms with Gasteiger partial charge in [0.15, 0.2) is 0 Å². The first-order valence-corrected chi connectivity index (χ1v) is 7.86. The molecule has 0 spiro atoms. The number of piperidine rings is 1. The van der Waals surface area contributed by atoms with E-state index in [4.69, 9.17) is 5.73 Å². The summed E-state index contributed by atoms with van der Waals surface area (Å²) in [4.78, 5) is 4.90. The van der Waals surface area contributed by atoms with Crippen molar-refractivity contribution in [3.05, 3.63) is 29.8 Å². The van der Waals surface area contributed by atoms with Crippen LogP contribution in [-0.2, 0) is 6.42 Å². The van der Waals surface area contributed by atoms with Crippen molar-refractivity contribution < 1.29 is 0 Å². The quantitative estimate of drug-likeness (QED) is 0.896. The summed E-state index contributed by atoms with van der Waals surface area (Å²) in [5.41, 5.74) is 8.89. The van der Waals surface area contributed by atoms with Gasteiger partial charge in [0, 0.05) is 31.4 Å². The molecule has 1 aliphatic heterocycles. The summed E-state index contributed by atoms with van der Waals surface area (Å²) in [5, 5.41) is 0. The van der Waals surface area contributed by atoms with Gasteiger partial charge < -0.3 is 15.5 Å². The minimum absolute atomic E-state index is 0.263. The van der Waals surface area contributed by atoms with Crippen LogP contribution in [-0.4, -0.2) is 44.2 Å². The van der Waals surface area contributed by atoms with E-state index in [0.29, 0.717) is 6.04 Å². The van der Waals surface area contributed by atoms with Crippen LogP contribution in [0.4, 0.5) is 5.69 Å². The average molecular weight is 275 g/mol. The fourth-order valence-electron chi connectivity index (χ4n) is 3.11. The zero-order valence-electron chi connectivity index (χ0n) is 13.2. The van der Waals surface area contributed by atoms with E-state index in [-0.39, 0.29) is 6.04 Å². The van der Waals surface area contributed by atoms with Crippen molar-refractivity contribution in [2.45, 2.75) is 44.7 Å². The smallest absolute Gasteiger partial charge is 0.0414 e. The lowest BCUT2D eigenvalue weighted by Crippen LogP contribution is -2.45. The van der Waals surface area contributed by atoms with Gasteiger partial charge in [0.05, 0.1) is 0 Å². The normalized spacial score (nSPS) is 21.7. The Balaban J connectivity index is 2.14. The Kier molecular flexibility index (Phi) is 5.44. The van der Waals surface area contributed by atoms with Crippen molar-refractivity contribution >= 4 is 5.69 Å². The fourth-order valence-corrected chi connectivity index (χ4v) is 3.11. The third-order valence-electron chi connectivity index (χ3n) is 4.53. The minimum atomic E-state index is 0.263. The maximum Gasteiger partial charge on any atom is 0.0414 e. The minimum Gasteiger partial charge on any atom is -0.370 e. The van der Waals surface area contributed by atoms with Crippen LogP contribution >= 0.6 is 0 Å². The van der Waals surface area contributed by atoms with Crippen LogP contribution in [0.5, 0.6) is 0 Å². The molecule has 1 heterocycles. The summed E-state index contributed by atoms with van der Waals surface area (Å²) in [5.74, 6) is 0. The zero-order valence-corrected chi connectivity index (χ0v) is 13.2. The van der Waals surface area contributed by atoms with Crippen LogP contribution in [0.25, 0.3) is 0 Å². The number of rotatable bonds is 5. The molecule has 0 bridgehead atoms. The van der Waals surface area contributed by atoms with Crippen molar-refractivity contribution in [3.8, 4) is 0 Å². The second-order valence-corrected chi connectivity index (χ2v) is 6.17. The van der Waals surface area contributed by atoms with E-state index in [1.807, 2.05) is 0 Å². The molecule has 1 aromatic carbocycles. The topological polar surface area (TPSA) is 32.5 Å². The predicted octanol–water partition coefficient (Wildman–Crippen LogP) is 2.50. The van der Waals surface area contributed by atoms with Gasteiger partial charge in [0.25, 0.3) is 0 Å². The first-order valence-electron chi connectivity index (χ1n) is 7.86. The van der Waals surface area contributed by atoms with Crippen molar-refractivity contribution in [1.29, 1.82) is 0 Å². The number of anilines is 1. The van der Waals surface area contributed by atoms with Gasteiger partial charge in [0.1, 0.15) is 0 Å². The number of nitrogens with zero attached hydrogens (tertiary/aromatic N) is 2. The van der Waals surface area contributed by atoms with Crippen molar-refractivity contribution in [2.75, 3.05) is 32.1 Å². The van der Waals surface area contributed by atoms with E-state index < -0.39 is 0 Å². The molecular formula is C17H29N3. The summed E-state index contributed by atoms with van der Waals surface area (Å²) in [6.07, 6.45) is 4.58. The molecule has 1 aromatic rings. The first-order chi connectivity index (χ1) is 9.61. The molecule has 20 heavy (non-hydrogen) atoms. The summed E-state index contributed by atoms with van der Waals surface area (Å²) < 4.78 is 0. The van der Waals surface area contributed by atoms with Crippen LogP contribution in [0.2, 0.25) is 0 Å². The summed E-state index contributed by atoms with van der Waals surface area (Å²) in [7, 11) is 4.46. The number of likely N-dealkylation sites (N-methyl/N-ethyl adjacent to an activating group) is 2. The lowest BCUT2D eigenvalue weighted by atomic mass is 9.99. The van der Waals surface area contributed by atoms with Gasteiger partial charge in [0.2, 0.25) is 0 Å². The van der Waals surface area contributed by atoms with Crippen LogP contribution in [0.1, 0.15) is 31.7 Å². The van der Waals surface area contributed by atoms with Gasteiger partial charge in [-0.25, -0.2) is 0 Å². The lowest BCUT2D eigenvalue weighted by molar-refractivity contribution is 0.248. The molecule has 0 radical (unpaired) electrons. The Morgan fingerprint density at radius 3 is 2.85 bits per heavy atom. The molecule has 1 saturated heterocycles. The van der Waals surface area contributed by atoms with Gasteiger partial charge in [-0.3, -0.25) is 0 Å². The van der Waals surface area contributed by atoms with Crippen molar-refractivity contribution in [2.24, 2.45) is 5.73 Å². The van der Waals surface area contributed by atoms with Crippen LogP contribution in [0, 0.1) is 0 Å². The number of para-hydroxylation sites is 1. The predicted molar refractivity (Wildman–Crippen MR) is 87.3 cm³/mol. The van der Waals surface area contributed by atoms with Gasteiger partial charge >= 0.3 is 0 Å². The Bertz CT molecular complexity index is 418. The molecule has 0 aliphatic carbocycles. The summed E-state index contributed by atoms with van der Waals surface area (Å²) >= 11 is 0. The Labute approximate surface area is 123 Å². The summed E-state index contributed by atoms with van der Waals surface area (Å²) in [6, 6.07) is 9.62. The van der Waals surface area contributed by atoms with E-state index in [1.165, 1.54) is 30.6 Å². The second kappa shape index (κ2) is 7.09. The third-order valence-corrected chi connectivity index (χ3v) is 4.53. The molecule has 2 N–H and O–H groups in total. The molecular weight excluding hydrogens is 246 g/mol. The summed E-state index contributed by atoms with van der Waals surface area (Å²) in [6.45, 7) is 4.55. The maximum absolute atomic E-state index is 6.15. The third kappa shape index (κ3) is 3.74. The molecule has 1 fully saturated rings. The van der Waals surface area contributed by atoms with E-state index in [0.717, 1.165) is 19.4 Å². The number of nitrogens with two attached hydrogens (primary N) is 1. The van der Waals surface area contributed by atoms with E-state index in [9.17, 15) is 0 Å². The maximum atomic E-state index is 6.15.